The van der Waals surface area contributed by atoms with Crippen molar-refractivity contribution in [2.45, 2.75) is 19.8 Å². The lowest BCUT2D eigenvalue weighted by atomic mass is 10.2. The molecule has 0 aliphatic rings. The lowest BCUT2D eigenvalue weighted by molar-refractivity contribution is -0.116. The number of carbonyl (C=O) groups is 2. The van der Waals surface area contributed by atoms with Gasteiger partial charge >= 0.3 is 5.97 Å². The summed E-state index contributed by atoms with van der Waals surface area (Å²) < 4.78 is 0. The quantitative estimate of drug-likeness (QED) is 0.775. The van der Waals surface area contributed by atoms with Gasteiger partial charge in [-0.3, -0.25) is 4.79 Å². The van der Waals surface area contributed by atoms with Crippen LogP contribution in [-0.4, -0.2) is 40.5 Å². The Morgan fingerprint density at radius 3 is 2.56 bits per heavy atom. The van der Waals surface area contributed by atoms with Crippen LogP contribution in [0.4, 0.5) is 5.69 Å². The summed E-state index contributed by atoms with van der Waals surface area (Å²) >= 11 is 0. The third-order valence-electron chi connectivity index (χ3n) is 2.31. The Morgan fingerprint density at radius 1 is 1.50 bits per heavy atom. The summed E-state index contributed by atoms with van der Waals surface area (Å²) in [6, 6.07) is 0. The molecule has 98 valence electrons. The van der Waals surface area contributed by atoms with Crippen molar-refractivity contribution in [1.82, 2.24) is 9.97 Å². The molecule has 0 aliphatic heterocycles. The van der Waals surface area contributed by atoms with E-state index >= 15 is 0 Å². The van der Waals surface area contributed by atoms with Crippen LogP contribution < -0.4 is 10.6 Å². The molecule has 1 amide bonds. The number of rotatable bonds is 5. The molecule has 0 aliphatic carbocycles. The predicted octanol–water partition coefficient (Wildman–Crippen LogP) is 0.220. The zero-order valence-corrected chi connectivity index (χ0v) is 10.5. The van der Waals surface area contributed by atoms with Gasteiger partial charge in [0.25, 0.3) is 0 Å². The highest BCUT2D eigenvalue weighted by molar-refractivity contribution is 5.93. The summed E-state index contributed by atoms with van der Waals surface area (Å²) in [6.45, 7) is 3.65. The number of hydrogen-bond acceptors (Lipinski definition) is 5. The number of carbonyl (C=O) groups excluding carboxylic acids is 1. The second kappa shape index (κ2) is 5.44. The number of aromatic nitrogens is 2. The maximum absolute atomic E-state index is 11.2. The minimum absolute atomic E-state index is 0.0265. The molecule has 1 aromatic heterocycles. The highest BCUT2D eigenvalue weighted by Crippen LogP contribution is 2.19. The van der Waals surface area contributed by atoms with Crippen molar-refractivity contribution in [2.75, 3.05) is 18.5 Å². The molecule has 0 bridgehead atoms. The number of carboxylic acid groups (broad SMARTS) is 1. The van der Waals surface area contributed by atoms with Gasteiger partial charge in [-0.15, -0.1) is 0 Å². The SMILES string of the molecule is CC(C)c1ncc(N(C)CC(N)=O)c(C(=O)O)n1. The van der Waals surface area contributed by atoms with Crippen molar-refractivity contribution in [2.24, 2.45) is 5.73 Å². The zero-order valence-electron chi connectivity index (χ0n) is 10.5. The number of nitrogens with two attached hydrogens (primary N) is 1. The van der Waals surface area contributed by atoms with Crippen LogP contribution in [0.15, 0.2) is 6.20 Å². The largest absolute Gasteiger partial charge is 0.476 e. The fourth-order valence-electron chi connectivity index (χ4n) is 1.42. The molecule has 7 heteroatoms. The van der Waals surface area contributed by atoms with Crippen molar-refractivity contribution < 1.29 is 14.7 Å². The van der Waals surface area contributed by atoms with Gasteiger partial charge in [0, 0.05) is 13.0 Å². The summed E-state index contributed by atoms with van der Waals surface area (Å²) in [5, 5.41) is 9.12. The second-order valence-electron chi connectivity index (χ2n) is 4.24. The first-order valence-corrected chi connectivity index (χ1v) is 5.42. The minimum atomic E-state index is -1.16. The Balaban J connectivity index is 3.19. The molecule has 1 aromatic rings. The topological polar surface area (TPSA) is 109 Å². The molecule has 0 radical (unpaired) electrons. The van der Waals surface area contributed by atoms with E-state index in [-0.39, 0.29) is 23.8 Å². The fourth-order valence-corrected chi connectivity index (χ4v) is 1.42. The third-order valence-corrected chi connectivity index (χ3v) is 2.31. The number of anilines is 1. The Bertz CT molecular complexity index is 473. The predicted molar refractivity (Wildman–Crippen MR) is 65.5 cm³/mol. The van der Waals surface area contributed by atoms with E-state index in [1.165, 1.54) is 11.1 Å². The van der Waals surface area contributed by atoms with E-state index in [1.54, 1.807) is 7.05 Å². The first kappa shape index (κ1) is 13.9. The van der Waals surface area contributed by atoms with E-state index in [9.17, 15) is 9.59 Å². The zero-order chi connectivity index (χ0) is 13.9. The number of hydrogen-bond donors (Lipinski definition) is 2. The van der Waals surface area contributed by atoms with Crippen molar-refractivity contribution >= 4 is 17.6 Å². The van der Waals surface area contributed by atoms with Gasteiger partial charge in [0.05, 0.1) is 18.4 Å². The highest BCUT2D eigenvalue weighted by Gasteiger charge is 2.19. The lowest BCUT2D eigenvalue weighted by Crippen LogP contribution is -2.32. The number of nitrogens with zero attached hydrogens (tertiary/aromatic N) is 3. The molecule has 0 atom stereocenters. The van der Waals surface area contributed by atoms with E-state index in [0.29, 0.717) is 5.82 Å². The van der Waals surface area contributed by atoms with Gasteiger partial charge in [-0.05, 0) is 0 Å². The van der Waals surface area contributed by atoms with Crippen molar-refractivity contribution in [3.63, 3.8) is 0 Å². The van der Waals surface area contributed by atoms with E-state index in [0.717, 1.165) is 0 Å². The van der Waals surface area contributed by atoms with Gasteiger partial charge in [0.15, 0.2) is 5.69 Å². The van der Waals surface area contributed by atoms with Gasteiger partial charge in [-0.2, -0.15) is 0 Å². The highest BCUT2D eigenvalue weighted by atomic mass is 16.4. The Hall–Kier alpha value is -2.18. The van der Waals surface area contributed by atoms with Gasteiger partial charge in [0.1, 0.15) is 5.82 Å². The summed E-state index contributed by atoms with van der Waals surface area (Å²) in [4.78, 5) is 31.5. The van der Waals surface area contributed by atoms with E-state index in [4.69, 9.17) is 10.8 Å². The number of aromatic carboxylic acids is 1. The average Bonchev–Trinajstić information content (AvgIpc) is 2.26. The van der Waals surface area contributed by atoms with Crippen molar-refractivity contribution in [1.29, 1.82) is 0 Å². The summed E-state index contributed by atoms with van der Waals surface area (Å²) in [5.74, 6) is -1.24. The summed E-state index contributed by atoms with van der Waals surface area (Å²) in [5.41, 5.74) is 5.21. The van der Waals surface area contributed by atoms with Crippen LogP contribution in [0.5, 0.6) is 0 Å². The van der Waals surface area contributed by atoms with Crippen LogP contribution >= 0.6 is 0 Å². The van der Waals surface area contributed by atoms with Crippen LogP contribution in [0.25, 0.3) is 0 Å². The lowest BCUT2D eigenvalue weighted by Gasteiger charge is -2.19. The molecule has 0 fully saturated rings. The number of likely N-dealkylation sites (N-methyl/N-ethyl adjacent to an activating group) is 1. The van der Waals surface area contributed by atoms with Gasteiger partial charge in [0.2, 0.25) is 5.91 Å². The monoisotopic (exact) mass is 252 g/mol. The number of carboxylic acids is 1. The van der Waals surface area contributed by atoms with Gasteiger partial charge in [-0.1, -0.05) is 13.8 Å². The normalized spacial score (nSPS) is 10.4. The average molecular weight is 252 g/mol. The number of primary amides is 1. The molecular weight excluding hydrogens is 236 g/mol. The maximum atomic E-state index is 11.2. The van der Waals surface area contributed by atoms with Crippen LogP contribution in [-0.2, 0) is 4.79 Å². The second-order valence-corrected chi connectivity index (χ2v) is 4.24. The molecule has 1 heterocycles. The Kier molecular flexibility index (Phi) is 4.19. The van der Waals surface area contributed by atoms with Crippen LogP contribution in [0.3, 0.4) is 0 Å². The standard InChI is InChI=1S/C11H16N4O3/c1-6(2)10-13-4-7(9(14-10)11(17)18)15(3)5-8(12)16/h4,6H,5H2,1-3H3,(H2,12,16)(H,17,18). The van der Waals surface area contributed by atoms with Crippen molar-refractivity contribution in [3.8, 4) is 0 Å². The number of amides is 1. The van der Waals surface area contributed by atoms with Gasteiger partial charge < -0.3 is 15.7 Å². The molecule has 3 N–H and O–H groups in total. The molecule has 0 unspecified atom stereocenters. The molecule has 0 spiro atoms. The molecule has 0 saturated carbocycles. The molecule has 7 nitrogen and oxygen atoms in total. The smallest absolute Gasteiger partial charge is 0.356 e. The fraction of sp³-hybridized carbons (Fsp3) is 0.455. The summed E-state index contributed by atoms with van der Waals surface area (Å²) in [6.07, 6.45) is 1.40. The van der Waals surface area contributed by atoms with Crippen LogP contribution in [0.1, 0.15) is 36.1 Å². The molecule has 0 aromatic carbocycles. The maximum Gasteiger partial charge on any atom is 0.356 e. The first-order chi connectivity index (χ1) is 8.32. The van der Waals surface area contributed by atoms with Gasteiger partial charge in [-0.25, -0.2) is 14.8 Å². The van der Waals surface area contributed by atoms with E-state index in [1.807, 2.05) is 13.8 Å². The van der Waals surface area contributed by atoms with Crippen LogP contribution in [0.2, 0.25) is 0 Å². The van der Waals surface area contributed by atoms with E-state index < -0.39 is 11.9 Å². The molecule has 1 rings (SSSR count). The van der Waals surface area contributed by atoms with E-state index in [2.05, 4.69) is 9.97 Å². The minimum Gasteiger partial charge on any atom is -0.476 e. The molecular formula is C11H16N4O3. The van der Waals surface area contributed by atoms with Crippen molar-refractivity contribution in [3.05, 3.63) is 17.7 Å². The molecule has 18 heavy (non-hydrogen) atoms. The molecule has 0 saturated heterocycles. The summed E-state index contributed by atoms with van der Waals surface area (Å²) in [7, 11) is 1.56. The van der Waals surface area contributed by atoms with Crippen LogP contribution in [0, 0.1) is 0 Å². The third kappa shape index (κ3) is 3.16. The Labute approximate surface area is 105 Å². The first-order valence-electron chi connectivity index (χ1n) is 5.42. The Morgan fingerprint density at radius 2 is 2.11 bits per heavy atom.